The Morgan fingerprint density at radius 1 is 1.09 bits per heavy atom. The van der Waals surface area contributed by atoms with Gasteiger partial charge >= 0.3 is 0 Å². The van der Waals surface area contributed by atoms with Crippen molar-refractivity contribution in [3.8, 4) is 11.5 Å². The lowest BCUT2D eigenvalue weighted by Gasteiger charge is -2.19. The van der Waals surface area contributed by atoms with Crippen molar-refractivity contribution >= 4 is 15.7 Å². The number of furan rings is 1. The molecule has 0 bridgehead atoms. The second kappa shape index (κ2) is 5.58. The quantitative estimate of drug-likeness (QED) is 0.732. The maximum Gasteiger partial charge on any atom is 0.267 e. The molecule has 0 atom stereocenters. The van der Waals surface area contributed by atoms with Crippen molar-refractivity contribution in [1.82, 2.24) is 5.16 Å². The van der Waals surface area contributed by atoms with Crippen LogP contribution < -0.4 is 4.31 Å². The number of sulfonamides is 1. The Bertz CT molecular complexity index is 927. The lowest BCUT2D eigenvalue weighted by atomic mass is 10.2. The molecule has 0 aliphatic rings. The first kappa shape index (κ1) is 15.4. The molecule has 0 aliphatic heterocycles. The summed E-state index contributed by atoms with van der Waals surface area (Å²) < 4.78 is 37.5. The average molecular weight is 332 g/mol. The molecule has 1 aromatic carbocycles. The SMILES string of the molecule is Cc1cccc(N(C)S(=O)(=O)c2cc(-c3ccno3)oc2C)c1. The number of aromatic nitrogens is 1. The summed E-state index contributed by atoms with van der Waals surface area (Å²) in [7, 11) is -2.21. The van der Waals surface area contributed by atoms with Gasteiger partial charge in [0.1, 0.15) is 10.7 Å². The second-order valence-corrected chi connectivity index (χ2v) is 7.16. The first-order chi connectivity index (χ1) is 10.9. The number of benzene rings is 1. The fraction of sp³-hybridized carbons (Fsp3) is 0.188. The zero-order valence-corrected chi connectivity index (χ0v) is 13.8. The van der Waals surface area contributed by atoms with Crippen molar-refractivity contribution < 1.29 is 17.4 Å². The highest BCUT2D eigenvalue weighted by Crippen LogP contribution is 2.31. The van der Waals surface area contributed by atoms with E-state index in [4.69, 9.17) is 8.94 Å². The Hall–Kier alpha value is -2.54. The van der Waals surface area contributed by atoms with Crippen LogP contribution in [-0.4, -0.2) is 20.6 Å². The summed E-state index contributed by atoms with van der Waals surface area (Å²) in [6, 6.07) is 10.4. The number of nitrogens with zero attached hydrogens (tertiary/aromatic N) is 2. The van der Waals surface area contributed by atoms with Crippen LogP contribution in [0.3, 0.4) is 0 Å². The van der Waals surface area contributed by atoms with Gasteiger partial charge in [0.2, 0.25) is 5.76 Å². The summed E-state index contributed by atoms with van der Waals surface area (Å²) >= 11 is 0. The van der Waals surface area contributed by atoms with Crippen molar-refractivity contribution in [2.75, 3.05) is 11.4 Å². The van der Waals surface area contributed by atoms with Gasteiger partial charge in [-0.2, -0.15) is 0 Å². The third kappa shape index (κ3) is 2.75. The van der Waals surface area contributed by atoms with Crippen molar-refractivity contribution in [3.63, 3.8) is 0 Å². The maximum absolute atomic E-state index is 12.9. The molecule has 6 nitrogen and oxygen atoms in total. The van der Waals surface area contributed by atoms with Crippen molar-refractivity contribution in [2.45, 2.75) is 18.7 Å². The topological polar surface area (TPSA) is 76.6 Å². The molecule has 0 amide bonds. The predicted octanol–water partition coefficient (Wildman–Crippen LogP) is 3.38. The molecule has 7 heteroatoms. The average Bonchev–Trinajstić information content (AvgIpc) is 3.15. The Morgan fingerprint density at radius 2 is 1.87 bits per heavy atom. The van der Waals surface area contributed by atoms with Gasteiger partial charge in [0.15, 0.2) is 5.76 Å². The van der Waals surface area contributed by atoms with Crippen molar-refractivity contribution in [2.24, 2.45) is 0 Å². The lowest BCUT2D eigenvalue weighted by molar-refractivity contribution is 0.414. The zero-order chi connectivity index (χ0) is 16.6. The van der Waals surface area contributed by atoms with E-state index in [1.165, 1.54) is 23.6 Å². The maximum atomic E-state index is 12.9. The molecule has 0 fully saturated rings. The van der Waals surface area contributed by atoms with Gasteiger partial charge in [-0.05, 0) is 31.5 Å². The minimum absolute atomic E-state index is 0.105. The van der Waals surface area contributed by atoms with E-state index in [-0.39, 0.29) is 4.90 Å². The summed E-state index contributed by atoms with van der Waals surface area (Å²) in [5, 5.41) is 3.60. The molecule has 2 aromatic heterocycles. The number of rotatable bonds is 4. The smallest absolute Gasteiger partial charge is 0.267 e. The van der Waals surface area contributed by atoms with Gasteiger partial charge in [0.05, 0.1) is 11.9 Å². The van der Waals surface area contributed by atoms with Crippen LogP contribution in [0.5, 0.6) is 0 Å². The molecular formula is C16H16N2O4S. The van der Waals surface area contributed by atoms with Gasteiger partial charge in [-0.25, -0.2) is 8.42 Å². The Labute approximate surface area is 134 Å². The van der Waals surface area contributed by atoms with Crippen LogP contribution >= 0.6 is 0 Å². The first-order valence-corrected chi connectivity index (χ1v) is 8.40. The van der Waals surface area contributed by atoms with Crippen molar-refractivity contribution in [3.05, 3.63) is 53.9 Å². The van der Waals surface area contributed by atoms with Crippen LogP contribution in [0.4, 0.5) is 5.69 Å². The fourth-order valence-electron chi connectivity index (χ4n) is 2.30. The van der Waals surface area contributed by atoms with E-state index in [9.17, 15) is 8.42 Å². The molecule has 23 heavy (non-hydrogen) atoms. The molecule has 0 aliphatic carbocycles. The number of anilines is 1. The van der Waals surface area contributed by atoms with E-state index in [1.807, 2.05) is 25.1 Å². The molecule has 0 N–H and O–H groups in total. The number of hydrogen-bond acceptors (Lipinski definition) is 5. The summed E-state index contributed by atoms with van der Waals surface area (Å²) in [6.45, 7) is 3.52. The third-order valence-corrected chi connectivity index (χ3v) is 5.45. The molecule has 120 valence electrons. The molecule has 0 radical (unpaired) electrons. The minimum Gasteiger partial charge on any atom is -0.456 e. The van der Waals surface area contributed by atoms with E-state index in [2.05, 4.69) is 5.16 Å². The summed E-state index contributed by atoms with van der Waals surface area (Å²) in [5.74, 6) is 1.01. The molecule has 0 spiro atoms. The van der Waals surface area contributed by atoms with Gasteiger partial charge < -0.3 is 8.94 Å². The van der Waals surface area contributed by atoms with E-state index in [0.29, 0.717) is 23.0 Å². The second-order valence-electron chi connectivity index (χ2n) is 5.22. The fourth-order valence-corrected chi connectivity index (χ4v) is 3.64. The molecule has 2 heterocycles. The van der Waals surface area contributed by atoms with Crippen LogP contribution in [-0.2, 0) is 10.0 Å². The summed E-state index contributed by atoms with van der Waals surface area (Å²) in [5.41, 5.74) is 1.57. The highest BCUT2D eigenvalue weighted by Gasteiger charge is 2.27. The van der Waals surface area contributed by atoms with Crippen LogP contribution in [0.25, 0.3) is 11.5 Å². The molecule has 3 rings (SSSR count). The highest BCUT2D eigenvalue weighted by molar-refractivity contribution is 7.92. The first-order valence-electron chi connectivity index (χ1n) is 6.96. The van der Waals surface area contributed by atoms with Gasteiger partial charge in [-0.3, -0.25) is 4.31 Å². The summed E-state index contributed by atoms with van der Waals surface area (Å²) in [6.07, 6.45) is 1.47. The van der Waals surface area contributed by atoms with E-state index in [1.54, 1.807) is 19.1 Å². The third-order valence-electron chi connectivity index (χ3n) is 3.56. The Morgan fingerprint density at radius 3 is 2.52 bits per heavy atom. The number of aryl methyl sites for hydroxylation is 2. The van der Waals surface area contributed by atoms with Crippen LogP contribution in [0.1, 0.15) is 11.3 Å². The molecule has 0 unspecified atom stereocenters. The Kier molecular flexibility index (Phi) is 3.73. The lowest BCUT2D eigenvalue weighted by Crippen LogP contribution is -2.26. The molecule has 3 aromatic rings. The monoisotopic (exact) mass is 332 g/mol. The minimum atomic E-state index is -3.73. The molecule has 0 saturated heterocycles. The van der Waals surface area contributed by atoms with E-state index in [0.717, 1.165) is 5.56 Å². The largest absolute Gasteiger partial charge is 0.456 e. The zero-order valence-electron chi connectivity index (χ0n) is 13.0. The summed E-state index contributed by atoms with van der Waals surface area (Å²) in [4.78, 5) is 0.105. The predicted molar refractivity (Wildman–Crippen MR) is 85.7 cm³/mol. The normalized spacial score (nSPS) is 11.6. The van der Waals surface area contributed by atoms with Crippen LogP contribution in [0, 0.1) is 13.8 Å². The van der Waals surface area contributed by atoms with E-state index >= 15 is 0 Å². The van der Waals surface area contributed by atoms with Gasteiger partial charge in [-0.1, -0.05) is 17.3 Å². The standard InChI is InChI=1S/C16H16N2O4S/c1-11-5-4-6-13(9-11)18(3)23(19,20)16-10-15(21-12(16)2)14-7-8-17-22-14/h4-10H,1-3H3. The molecular weight excluding hydrogens is 316 g/mol. The number of hydrogen-bond donors (Lipinski definition) is 0. The van der Waals surface area contributed by atoms with Crippen LogP contribution in [0.2, 0.25) is 0 Å². The Balaban J connectivity index is 2.03. The van der Waals surface area contributed by atoms with Gasteiger partial charge in [-0.15, -0.1) is 0 Å². The van der Waals surface area contributed by atoms with Crippen LogP contribution in [0.15, 0.2) is 56.4 Å². The van der Waals surface area contributed by atoms with Gasteiger partial charge in [0, 0.05) is 19.2 Å². The highest BCUT2D eigenvalue weighted by atomic mass is 32.2. The van der Waals surface area contributed by atoms with Gasteiger partial charge in [0.25, 0.3) is 10.0 Å². The molecule has 0 saturated carbocycles. The van der Waals surface area contributed by atoms with E-state index < -0.39 is 10.0 Å². The van der Waals surface area contributed by atoms with Crippen molar-refractivity contribution in [1.29, 1.82) is 0 Å².